The van der Waals surface area contributed by atoms with Gasteiger partial charge in [-0.15, -0.1) is 0 Å². The maximum Gasteiger partial charge on any atom is 0.351 e. The van der Waals surface area contributed by atoms with Crippen LogP contribution in [-0.4, -0.2) is 121 Å². The molecule has 14 atom stereocenters. The lowest BCUT2D eigenvalue weighted by molar-refractivity contribution is -0.295. The molecule has 4 aliphatic rings. The van der Waals surface area contributed by atoms with Crippen LogP contribution in [0.1, 0.15) is 74.7 Å². The molecule has 0 amide bonds. The number of ketones is 2. The van der Waals surface area contributed by atoms with Gasteiger partial charge in [0.2, 0.25) is 0 Å². The van der Waals surface area contributed by atoms with Gasteiger partial charge >= 0.3 is 11.9 Å². The first-order valence-corrected chi connectivity index (χ1v) is 16.3. The van der Waals surface area contributed by atoms with Gasteiger partial charge in [0.15, 0.2) is 17.7 Å². The topological polar surface area (TPSA) is 150 Å². The average molecular weight is 657 g/mol. The molecule has 12 nitrogen and oxygen atoms in total. The summed E-state index contributed by atoms with van der Waals surface area (Å²) in [5.41, 5.74) is -7.16. The number of ether oxygens (including phenoxy) is 5. The molecular weight excluding hydrogens is 603 g/mol. The van der Waals surface area contributed by atoms with Crippen molar-refractivity contribution in [2.45, 2.75) is 134 Å². The summed E-state index contributed by atoms with van der Waals surface area (Å²) in [5, 5.41) is 14.4. The number of methoxy groups -OCH3 is 1. The molecule has 0 spiro atoms. The Labute approximate surface area is 271 Å². The second-order valence-electron chi connectivity index (χ2n) is 14.9. The molecular formula is C33H53FN2O10. The number of cyclic esters (lactones) is 1. The summed E-state index contributed by atoms with van der Waals surface area (Å²) < 4.78 is 46.6. The van der Waals surface area contributed by atoms with Gasteiger partial charge in [-0.1, -0.05) is 27.7 Å². The first-order valence-electron chi connectivity index (χ1n) is 16.3. The van der Waals surface area contributed by atoms with Crippen molar-refractivity contribution in [1.82, 2.24) is 10.2 Å². The van der Waals surface area contributed by atoms with Crippen molar-refractivity contribution in [2.24, 2.45) is 23.2 Å². The second kappa shape index (κ2) is 12.8. The van der Waals surface area contributed by atoms with Crippen LogP contribution in [0.15, 0.2) is 0 Å². The fourth-order valence-electron chi connectivity index (χ4n) is 8.63. The Morgan fingerprint density at radius 1 is 1.07 bits per heavy atom. The number of Topliss-reactive ketones (excluding diaryl/α,β-unsaturated/α-hetero) is 2. The first kappa shape index (κ1) is 36.8. The van der Waals surface area contributed by atoms with Gasteiger partial charge in [-0.05, 0) is 61.1 Å². The lowest BCUT2D eigenvalue weighted by atomic mass is 9.62. The highest BCUT2D eigenvalue weighted by molar-refractivity contribution is 6.08. The number of aliphatic hydroxyl groups is 1. The summed E-state index contributed by atoms with van der Waals surface area (Å²) in [4.78, 5) is 57.0. The van der Waals surface area contributed by atoms with Gasteiger partial charge in [-0.3, -0.25) is 14.4 Å². The highest BCUT2D eigenvalue weighted by Gasteiger charge is 2.69. The molecule has 0 saturated carbocycles. The van der Waals surface area contributed by atoms with Crippen molar-refractivity contribution >= 4 is 23.5 Å². The van der Waals surface area contributed by atoms with Gasteiger partial charge in [-0.25, -0.2) is 9.18 Å². The van der Waals surface area contributed by atoms with E-state index in [4.69, 9.17) is 23.7 Å². The summed E-state index contributed by atoms with van der Waals surface area (Å²) in [6, 6.07) is -1.18. The van der Waals surface area contributed by atoms with E-state index in [2.05, 4.69) is 5.32 Å². The summed E-state index contributed by atoms with van der Waals surface area (Å²) in [5.74, 6) is -6.11. The summed E-state index contributed by atoms with van der Waals surface area (Å²) in [6.07, 6.45) is -4.41. The van der Waals surface area contributed by atoms with E-state index in [-0.39, 0.29) is 37.3 Å². The zero-order valence-corrected chi connectivity index (χ0v) is 29.0. The zero-order chi connectivity index (χ0) is 34.7. The predicted molar refractivity (Wildman–Crippen MR) is 163 cm³/mol. The molecule has 0 aromatic heterocycles. The Balaban J connectivity index is 1.84. The minimum Gasteiger partial charge on any atom is -0.455 e. The summed E-state index contributed by atoms with van der Waals surface area (Å²) in [7, 11) is 5.05. The number of nitrogens with one attached hydrogen (secondary N) is 1. The fraction of sp³-hybridized carbons (Fsp3) is 0.879. The van der Waals surface area contributed by atoms with E-state index in [1.807, 2.05) is 25.9 Å². The molecule has 4 saturated heterocycles. The van der Waals surface area contributed by atoms with E-state index < -0.39 is 88.4 Å². The van der Waals surface area contributed by atoms with Gasteiger partial charge in [0.25, 0.3) is 5.67 Å². The number of nitrogens with zero attached hydrogens (tertiary/aromatic N) is 1. The molecule has 0 aromatic rings. The largest absolute Gasteiger partial charge is 0.455 e. The van der Waals surface area contributed by atoms with Crippen molar-refractivity contribution in [1.29, 1.82) is 0 Å². The van der Waals surface area contributed by atoms with E-state index in [1.165, 1.54) is 14.0 Å². The number of alkyl halides is 1. The van der Waals surface area contributed by atoms with Gasteiger partial charge in [0.1, 0.15) is 24.0 Å². The van der Waals surface area contributed by atoms with E-state index in [9.17, 15) is 24.3 Å². The zero-order valence-electron chi connectivity index (χ0n) is 29.0. The van der Waals surface area contributed by atoms with Crippen molar-refractivity contribution < 1.29 is 52.4 Å². The smallest absolute Gasteiger partial charge is 0.351 e. The van der Waals surface area contributed by atoms with E-state index in [0.717, 1.165) is 6.92 Å². The van der Waals surface area contributed by atoms with Gasteiger partial charge in [-0.2, -0.15) is 0 Å². The standard InChI is InChI=1S/C33H53FN2O10/c1-12-20-33(8)23-21(27(40)46-33)35-15-30(23,5)24(38)16(2)14-31(6,42-11)26(18(4)25(39)32(7,34)29(41)44-20)45-28-22(37)19(36(9)10)13-17(3)43-28/h16-23,26,28,35,37H,12-15H2,1-11H3/t16-,17-,18+,19+,20+,21?,22-,23?,26-,28+,30?,31+,32+,33-/m1/s1. The number of esters is 2. The molecule has 4 aliphatic heterocycles. The van der Waals surface area contributed by atoms with Crippen LogP contribution in [0.25, 0.3) is 0 Å². The Kier molecular flexibility index (Phi) is 10.2. The monoisotopic (exact) mass is 656 g/mol. The maximum atomic E-state index is 16.5. The van der Waals surface area contributed by atoms with Crippen LogP contribution in [-0.2, 0) is 42.9 Å². The summed E-state index contributed by atoms with van der Waals surface area (Å²) >= 11 is 0. The van der Waals surface area contributed by atoms with Crippen LogP contribution in [0.2, 0.25) is 0 Å². The van der Waals surface area contributed by atoms with E-state index in [0.29, 0.717) is 6.42 Å². The molecule has 4 rings (SSSR count). The Hall–Kier alpha value is -2.03. The number of halogens is 1. The van der Waals surface area contributed by atoms with Gasteiger partial charge in [0.05, 0.1) is 17.8 Å². The number of hydrogen-bond acceptors (Lipinski definition) is 12. The number of hydrogen-bond donors (Lipinski definition) is 2. The van der Waals surface area contributed by atoms with Crippen LogP contribution >= 0.6 is 0 Å². The average Bonchev–Trinajstić information content (AvgIpc) is 3.49. The van der Waals surface area contributed by atoms with Crippen molar-refractivity contribution in [3.63, 3.8) is 0 Å². The molecule has 0 aromatic carbocycles. The highest BCUT2D eigenvalue weighted by Crippen LogP contribution is 2.53. The molecule has 2 N–H and O–H groups in total. The van der Waals surface area contributed by atoms with Crippen molar-refractivity contribution in [2.75, 3.05) is 27.7 Å². The molecule has 46 heavy (non-hydrogen) atoms. The molecule has 4 heterocycles. The third-order valence-electron chi connectivity index (χ3n) is 11.2. The quantitative estimate of drug-likeness (QED) is 0.329. The SMILES string of the molecule is CC[C@@H]1OC(=O)[C@@](C)(F)C(=O)[C@H](C)[C@@H](O[C@@H]2O[C@H](C)C[C@H](N(C)C)[C@H]2O)[C@@](C)(OC)C[C@@H](C)C(=O)C2(C)CNC3C(=O)O[C@@]1(C)C32. The Morgan fingerprint density at radius 3 is 2.26 bits per heavy atom. The lowest BCUT2D eigenvalue weighted by Crippen LogP contribution is -2.61. The molecule has 4 fully saturated rings. The Morgan fingerprint density at radius 2 is 1.70 bits per heavy atom. The molecule has 0 radical (unpaired) electrons. The van der Waals surface area contributed by atoms with Crippen molar-refractivity contribution in [3.8, 4) is 0 Å². The number of carbonyl (C=O) groups is 4. The van der Waals surface area contributed by atoms with E-state index in [1.54, 1.807) is 34.6 Å². The predicted octanol–water partition coefficient (Wildman–Crippen LogP) is 1.98. The second-order valence-corrected chi connectivity index (χ2v) is 14.9. The van der Waals surface area contributed by atoms with Crippen LogP contribution in [0.5, 0.6) is 0 Å². The summed E-state index contributed by atoms with van der Waals surface area (Å²) in [6.45, 7) is 12.8. The lowest BCUT2D eigenvalue weighted by Gasteiger charge is -2.48. The van der Waals surface area contributed by atoms with E-state index >= 15 is 4.39 Å². The van der Waals surface area contributed by atoms with Gasteiger partial charge < -0.3 is 39.0 Å². The highest BCUT2D eigenvalue weighted by atomic mass is 19.1. The molecule has 13 heteroatoms. The number of rotatable bonds is 5. The molecule has 0 aliphatic carbocycles. The number of likely N-dealkylation sites (N-methyl/N-ethyl adjacent to an activating group) is 1. The van der Waals surface area contributed by atoms with Crippen LogP contribution in [0.3, 0.4) is 0 Å². The third-order valence-corrected chi connectivity index (χ3v) is 11.2. The minimum atomic E-state index is -3.13. The van der Waals surface area contributed by atoms with Crippen LogP contribution < -0.4 is 5.32 Å². The molecule has 262 valence electrons. The number of carbonyl (C=O) groups excluding carboxylic acids is 4. The van der Waals surface area contributed by atoms with Crippen LogP contribution in [0.4, 0.5) is 4.39 Å². The van der Waals surface area contributed by atoms with Crippen LogP contribution in [0, 0.1) is 23.2 Å². The first-order chi connectivity index (χ1) is 21.2. The normalized spacial score (nSPS) is 49.0. The Bertz CT molecular complexity index is 1210. The maximum absolute atomic E-state index is 16.5. The number of aliphatic hydroxyl groups excluding tert-OH is 1. The van der Waals surface area contributed by atoms with Crippen molar-refractivity contribution in [3.05, 3.63) is 0 Å². The molecule has 3 unspecified atom stereocenters. The fourth-order valence-corrected chi connectivity index (χ4v) is 8.63. The minimum absolute atomic E-state index is 0.0310. The van der Waals surface area contributed by atoms with Gasteiger partial charge in [0, 0.05) is 42.9 Å². The third kappa shape index (κ3) is 5.93. The molecule has 0 bridgehead atoms.